The Morgan fingerprint density at radius 3 is 2.56 bits per heavy atom. The van der Waals surface area contributed by atoms with E-state index < -0.39 is 0 Å². The Bertz CT molecular complexity index is 316. The summed E-state index contributed by atoms with van der Waals surface area (Å²) in [7, 11) is 0. The van der Waals surface area contributed by atoms with Crippen molar-refractivity contribution in [2.75, 3.05) is 19.7 Å². The summed E-state index contributed by atoms with van der Waals surface area (Å²) in [4.78, 5) is 0. The van der Waals surface area contributed by atoms with E-state index in [1.165, 1.54) is 5.56 Å². The largest absolute Gasteiger partial charge is 0.489 e. The number of ether oxygens (including phenoxy) is 1. The summed E-state index contributed by atoms with van der Waals surface area (Å²) >= 11 is 0. The number of nitrogens with one attached hydrogen (secondary N) is 1. The zero-order valence-corrected chi connectivity index (χ0v) is 10.3. The first-order chi connectivity index (χ1) is 7.72. The summed E-state index contributed by atoms with van der Waals surface area (Å²) in [5, 5.41) is 3.31. The van der Waals surface area contributed by atoms with E-state index >= 15 is 0 Å². The molecule has 2 nitrogen and oxygen atoms in total. The predicted octanol–water partition coefficient (Wildman–Crippen LogP) is 2.79. The second kappa shape index (κ2) is 7.07. The maximum absolute atomic E-state index is 5.53. The van der Waals surface area contributed by atoms with E-state index in [1.54, 1.807) is 0 Å². The second-order valence-corrected chi connectivity index (χ2v) is 3.99. The number of hydrogen-bond donors (Lipinski definition) is 1. The van der Waals surface area contributed by atoms with Crippen molar-refractivity contribution in [1.82, 2.24) is 5.32 Å². The third-order valence-electron chi connectivity index (χ3n) is 2.25. The fourth-order valence-electron chi connectivity index (χ4n) is 1.37. The van der Waals surface area contributed by atoms with Crippen LogP contribution in [0.25, 0.3) is 0 Å². The molecule has 1 aromatic rings. The monoisotopic (exact) mass is 219 g/mol. The van der Waals surface area contributed by atoms with Crippen LogP contribution in [0.5, 0.6) is 5.75 Å². The van der Waals surface area contributed by atoms with Gasteiger partial charge in [0.1, 0.15) is 12.4 Å². The standard InChI is InChI=1S/C14H21NO/c1-4-15-10-9-13-5-7-14(8-6-13)16-11-12(2)3/h5-8,15H,2,4,9-11H2,1,3H3. The Balaban J connectivity index is 2.38. The van der Waals surface area contributed by atoms with Gasteiger partial charge in [0.25, 0.3) is 0 Å². The summed E-state index contributed by atoms with van der Waals surface area (Å²) in [5.41, 5.74) is 2.37. The minimum atomic E-state index is 0.594. The lowest BCUT2D eigenvalue weighted by molar-refractivity contribution is 0.352. The molecule has 0 atom stereocenters. The van der Waals surface area contributed by atoms with Gasteiger partial charge < -0.3 is 10.1 Å². The van der Waals surface area contributed by atoms with Crippen molar-refractivity contribution in [3.05, 3.63) is 42.0 Å². The molecule has 2 heteroatoms. The molecule has 0 heterocycles. The smallest absolute Gasteiger partial charge is 0.119 e. The van der Waals surface area contributed by atoms with Gasteiger partial charge in [-0.1, -0.05) is 25.6 Å². The Kier molecular flexibility index (Phi) is 5.65. The van der Waals surface area contributed by atoms with Gasteiger partial charge in [-0.3, -0.25) is 0 Å². The van der Waals surface area contributed by atoms with Crippen LogP contribution in [-0.2, 0) is 6.42 Å². The Morgan fingerprint density at radius 1 is 1.31 bits per heavy atom. The molecule has 0 aliphatic rings. The molecular weight excluding hydrogens is 198 g/mol. The van der Waals surface area contributed by atoms with Crippen LogP contribution in [-0.4, -0.2) is 19.7 Å². The topological polar surface area (TPSA) is 21.3 Å². The highest BCUT2D eigenvalue weighted by molar-refractivity contribution is 5.27. The van der Waals surface area contributed by atoms with Crippen LogP contribution in [0.1, 0.15) is 19.4 Å². The van der Waals surface area contributed by atoms with Gasteiger partial charge in [0.05, 0.1) is 0 Å². The lowest BCUT2D eigenvalue weighted by Crippen LogP contribution is -2.15. The van der Waals surface area contributed by atoms with Crippen LogP contribution in [0.4, 0.5) is 0 Å². The van der Waals surface area contributed by atoms with Gasteiger partial charge in [-0.25, -0.2) is 0 Å². The summed E-state index contributed by atoms with van der Waals surface area (Å²) < 4.78 is 5.53. The van der Waals surface area contributed by atoms with Crippen molar-refractivity contribution in [2.45, 2.75) is 20.3 Å². The maximum Gasteiger partial charge on any atom is 0.119 e. The Morgan fingerprint density at radius 2 is 2.00 bits per heavy atom. The first-order valence-corrected chi connectivity index (χ1v) is 5.79. The van der Waals surface area contributed by atoms with Gasteiger partial charge in [0.15, 0.2) is 0 Å². The summed E-state index contributed by atoms with van der Waals surface area (Å²) in [6.45, 7) is 10.5. The third-order valence-corrected chi connectivity index (χ3v) is 2.25. The molecule has 0 fully saturated rings. The molecule has 1 aromatic carbocycles. The lowest BCUT2D eigenvalue weighted by Gasteiger charge is -2.07. The molecule has 0 aliphatic heterocycles. The van der Waals surface area contributed by atoms with Gasteiger partial charge in [-0.05, 0) is 49.7 Å². The maximum atomic E-state index is 5.53. The van der Waals surface area contributed by atoms with E-state index in [2.05, 4.69) is 31.0 Å². The zero-order chi connectivity index (χ0) is 11.8. The third kappa shape index (κ3) is 4.99. The van der Waals surface area contributed by atoms with E-state index in [9.17, 15) is 0 Å². The molecule has 0 unspecified atom stereocenters. The van der Waals surface area contributed by atoms with Gasteiger partial charge in [0, 0.05) is 0 Å². The second-order valence-electron chi connectivity index (χ2n) is 3.99. The first kappa shape index (κ1) is 12.8. The lowest BCUT2D eigenvalue weighted by atomic mass is 10.1. The molecule has 0 radical (unpaired) electrons. The highest BCUT2D eigenvalue weighted by Gasteiger charge is 1.95. The van der Waals surface area contributed by atoms with Crippen LogP contribution in [0.3, 0.4) is 0 Å². The fraction of sp³-hybridized carbons (Fsp3) is 0.429. The van der Waals surface area contributed by atoms with E-state index in [0.29, 0.717) is 6.61 Å². The van der Waals surface area contributed by atoms with Crippen LogP contribution in [0.2, 0.25) is 0 Å². The number of likely N-dealkylation sites (N-methyl/N-ethyl adjacent to an activating group) is 1. The number of benzene rings is 1. The van der Waals surface area contributed by atoms with Gasteiger partial charge in [0.2, 0.25) is 0 Å². The summed E-state index contributed by atoms with van der Waals surface area (Å²) in [5.74, 6) is 0.912. The van der Waals surface area contributed by atoms with Crippen molar-refractivity contribution >= 4 is 0 Å². The number of rotatable bonds is 7. The molecule has 16 heavy (non-hydrogen) atoms. The summed E-state index contributed by atoms with van der Waals surface area (Å²) in [6, 6.07) is 8.27. The molecule has 0 aromatic heterocycles. The molecule has 0 saturated carbocycles. The molecule has 1 N–H and O–H groups in total. The minimum Gasteiger partial charge on any atom is -0.489 e. The highest BCUT2D eigenvalue weighted by Crippen LogP contribution is 2.13. The number of hydrogen-bond acceptors (Lipinski definition) is 2. The van der Waals surface area contributed by atoms with Crippen molar-refractivity contribution in [3.63, 3.8) is 0 Å². The van der Waals surface area contributed by atoms with Crippen molar-refractivity contribution in [1.29, 1.82) is 0 Å². The van der Waals surface area contributed by atoms with Crippen LogP contribution in [0, 0.1) is 0 Å². The molecular formula is C14H21NO. The highest BCUT2D eigenvalue weighted by atomic mass is 16.5. The summed E-state index contributed by atoms with van der Waals surface area (Å²) in [6.07, 6.45) is 1.06. The molecule has 0 spiro atoms. The van der Waals surface area contributed by atoms with Gasteiger partial charge >= 0.3 is 0 Å². The van der Waals surface area contributed by atoms with Crippen molar-refractivity contribution in [3.8, 4) is 5.75 Å². The Labute approximate surface area is 98.3 Å². The zero-order valence-electron chi connectivity index (χ0n) is 10.3. The van der Waals surface area contributed by atoms with Crippen LogP contribution < -0.4 is 10.1 Å². The molecule has 0 aliphatic carbocycles. The molecule has 0 amide bonds. The SMILES string of the molecule is C=C(C)COc1ccc(CCNCC)cc1. The van der Waals surface area contributed by atoms with Crippen LogP contribution in [0.15, 0.2) is 36.4 Å². The quantitative estimate of drug-likeness (QED) is 0.562. The van der Waals surface area contributed by atoms with Gasteiger partial charge in [-0.2, -0.15) is 0 Å². The molecule has 0 saturated heterocycles. The normalized spacial score (nSPS) is 10.1. The molecule has 0 bridgehead atoms. The van der Waals surface area contributed by atoms with Crippen LogP contribution >= 0.6 is 0 Å². The van der Waals surface area contributed by atoms with Gasteiger partial charge in [-0.15, -0.1) is 0 Å². The van der Waals surface area contributed by atoms with E-state index in [0.717, 1.165) is 30.8 Å². The minimum absolute atomic E-state index is 0.594. The Hall–Kier alpha value is -1.28. The van der Waals surface area contributed by atoms with E-state index in [-0.39, 0.29) is 0 Å². The predicted molar refractivity (Wildman–Crippen MR) is 69.0 cm³/mol. The average molecular weight is 219 g/mol. The van der Waals surface area contributed by atoms with Crippen molar-refractivity contribution in [2.24, 2.45) is 0 Å². The average Bonchev–Trinajstić information content (AvgIpc) is 2.28. The van der Waals surface area contributed by atoms with E-state index in [4.69, 9.17) is 4.74 Å². The molecule has 88 valence electrons. The van der Waals surface area contributed by atoms with Crippen molar-refractivity contribution < 1.29 is 4.74 Å². The fourth-order valence-corrected chi connectivity index (χ4v) is 1.37. The van der Waals surface area contributed by atoms with E-state index in [1.807, 2.05) is 19.1 Å². The first-order valence-electron chi connectivity index (χ1n) is 5.79. The molecule has 1 rings (SSSR count).